The number of benzene rings is 1. The van der Waals surface area contributed by atoms with Crippen LogP contribution in [0.1, 0.15) is 14.5 Å². The number of nitrogens with zero attached hydrogens (tertiary/aromatic N) is 3. The number of carbonyl (C=O) groups is 1. The standard InChI is InChI=1S/C20H17FN4O2S/c1-13-2-7-18(28-13)19(26)22-8-9-24-10-11-25-17(20(24)27)12-16(23-25)14-3-5-15(21)6-4-14/h2-7,10-12H,8-9H2,1H3,(H,22,26). The van der Waals surface area contributed by atoms with Gasteiger partial charge in [-0.15, -0.1) is 11.3 Å². The lowest BCUT2D eigenvalue weighted by molar-refractivity contribution is 0.0956. The lowest BCUT2D eigenvalue weighted by Crippen LogP contribution is -2.30. The number of rotatable bonds is 5. The molecular formula is C20H17FN4O2S. The number of hydrogen-bond donors (Lipinski definition) is 1. The quantitative estimate of drug-likeness (QED) is 0.564. The molecular weight excluding hydrogens is 379 g/mol. The molecule has 0 saturated heterocycles. The Morgan fingerprint density at radius 3 is 2.68 bits per heavy atom. The second kappa shape index (κ2) is 7.40. The lowest BCUT2D eigenvalue weighted by Gasteiger charge is -2.07. The van der Waals surface area contributed by atoms with Crippen molar-refractivity contribution in [3.63, 3.8) is 0 Å². The summed E-state index contributed by atoms with van der Waals surface area (Å²) in [5.41, 5.74) is 1.54. The topological polar surface area (TPSA) is 68.4 Å². The zero-order valence-corrected chi connectivity index (χ0v) is 15.9. The molecule has 3 heterocycles. The van der Waals surface area contributed by atoms with Crippen LogP contribution in [0.25, 0.3) is 16.8 Å². The van der Waals surface area contributed by atoms with E-state index in [1.807, 2.05) is 13.0 Å². The number of fused-ring (bicyclic) bond motifs is 1. The highest BCUT2D eigenvalue weighted by molar-refractivity contribution is 7.13. The van der Waals surface area contributed by atoms with Gasteiger partial charge in [0.2, 0.25) is 0 Å². The van der Waals surface area contributed by atoms with E-state index < -0.39 is 0 Å². The molecule has 0 saturated carbocycles. The number of aromatic nitrogens is 3. The maximum absolute atomic E-state index is 13.1. The van der Waals surface area contributed by atoms with Crippen LogP contribution >= 0.6 is 11.3 Å². The molecule has 142 valence electrons. The average Bonchev–Trinajstić information content (AvgIpc) is 3.31. The first kappa shape index (κ1) is 18.1. The van der Waals surface area contributed by atoms with Gasteiger partial charge in [-0.25, -0.2) is 8.91 Å². The van der Waals surface area contributed by atoms with Gasteiger partial charge in [-0.1, -0.05) is 0 Å². The number of amides is 1. The molecule has 0 atom stereocenters. The number of thiophene rings is 1. The largest absolute Gasteiger partial charge is 0.350 e. The third-order valence-corrected chi connectivity index (χ3v) is 5.35. The van der Waals surface area contributed by atoms with Crippen molar-refractivity contribution >= 4 is 22.8 Å². The summed E-state index contributed by atoms with van der Waals surface area (Å²) in [5, 5.41) is 7.20. The Morgan fingerprint density at radius 2 is 1.96 bits per heavy atom. The van der Waals surface area contributed by atoms with Crippen molar-refractivity contribution in [1.29, 1.82) is 0 Å². The van der Waals surface area contributed by atoms with E-state index in [4.69, 9.17) is 0 Å². The second-order valence-corrected chi connectivity index (χ2v) is 7.62. The first-order valence-electron chi connectivity index (χ1n) is 8.71. The van der Waals surface area contributed by atoms with Crippen molar-refractivity contribution in [2.24, 2.45) is 0 Å². The van der Waals surface area contributed by atoms with Gasteiger partial charge in [0.25, 0.3) is 11.5 Å². The van der Waals surface area contributed by atoms with Crippen molar-refractivity contribution in [3.8, 4) is 11.3 Å². The summed E-state index contributed by atoms with van der Waals surface area (Å²) in [6.07, 6.45) is 3.33. The van der Waals surface area contributed by atoms with Crippen molar-refractivity contribution in [2.75, 3.05) is 6.54 Å². The zero-order valence-electron chi connectivity index (χ0n) is 15.1. The minimum Gasteiger partial charge on any atom is -0.350 e. The Labute approximate surface area is 163 Å². The van der Waals surface area contributed by atoms with Crippen LogP contribution in [-0.2, 0) is 6.54 Å². The van der Waals surface area contributed by atoms with E-state index in [-0.39, 0.29) is 17.3 Å². The molecule has 0 aliphatic heterocycles. The Morgan fingerprint density at radius 1 is 1.18 bits per heavy atom. The molecule has 0 spiro atoms. The predicted molar refractivity (Wildman–Crippen MR) is 106 cm³/mol. The molecule has 4 rings (SSSR count). The summed E-state index contributed by atoms with van der Waals surface area (Å²) in [5.74, 6) is -0.468. The average molecular weight is 396 g/mol. The van der Waals surface area contributed by atoms with Crippen LogP contribution in [0.3, 0.4) is 0 Å². The Bertz CT molecular complexity index is 1210. The fourth-order valence-corrected chi connectivity index (χ4v) is 3.68. The van der Waals surface area contributed by atoms with E-state index in [9.17, 15) is 14.0 Å². The SMILES string of the molecule is Cc1ccc(C(=O)NCCn2ccn3nc(-c4ccc(F)cc4)cc3c2=O)s1. The number of halogens is 1. The van der Waals surface area contributed by atoms with E-state index >= 15 is 0 Å². The van der Waals surface area contributed by atoms with E-state index in [0.29, 0.717) is 29.2 Å². The minimum absolute atomic E-state index is 0.143. The molecule has 0 unspecified atom stereocenters. The maximum Gasteiger partial charge on any atom is 0.276 e. The van der Waals surface area contributed by atoms with Crippen LogP contribution in [0.2, 0.25) is 0 Å². The molecule has 0 aliphatic rings. The first-order valence-corrected chi connectivity index (χ1v) is 9.52. The Kier molecular flexibility index (Phi) is 4.79. The zero-order chi connectivity index (χ0) is 19.7. The molecule has 3 aromatic heterocycles. The normalized spacial score (nSPS) is 11.1. The van der Waals surface area contributed by atoms with Crippen LogP contribution in [0.4, 0.5) is 4.39 Å². The van der Waals surface area contributed by atoms with Gasteiger partial charge >= 0.3 is 0 Å². The number of hydrogen-bond acceptors (Lipinski definition) is 4. The molecule has 0 radical (unpaired) electrons. The summed E-state index contributed by atoms with van der Waals surface area (Å²) in [4.78, 5) is 26.5. The molecule has 0 bridgehead atoms. The summed E-state index contributed by atoms with van der Waals surface area (Å²) < 4.78 is 16.1. The third kappa shape index (κ3) is 3.59. The monoisotopic (exact) mass is 396 g/mol. The number of aryl methyl sites for hydroxylation is 1. The van der Waals surface area contributed by atoms with Gasteiger partial charge in [0, 0.05) is 35.9 Å². The molecule has 0 fully saturated rings. The molecule has 4 aromatic rings. The van der Waals surface area contributed by atoms with Gasteiger partial charge < -0.3 is 9.88 Å². The predicted octanol–water partition coefficient (Wildman–Crippen LogP) is 3.10. The van der Waals surface area contributed by atoms with Crippen molar-refractivity contribution in [2.45, 2.75) is 13.5 Å². The number of carbonyl (C=O) groups excluding carboxylic acids is 1. The van der Waals surface area contributed by atoms with Gasteiger partial charge in [0.15, 0.2) is 0 Å². The maximum atomic E-state index is 13.1. The number of nitrogens with one attached hydrogen (secondary N) is 1. The van der Waals surface area contributed by atoms with Crippen LogP contribution < -0.4 is 10.9 Å². The van der Waals surface area contributed by atoms with Gasteiger partial charge in [-0.2, -0.15) is 5.10 Å². The molecule has 1 amide bonds. The Balaban J connectivity index is 1.50. The van der Waals surface area contributed by atoms with E-state index in [0.717, 1.165) is 10.4 Å². The van der Waals surface area contributed by atoms with Gasteiger partial charge in [-0.05, 0) is 49.4 Å². The molecule has 8 heteroatoms. The summed E-state index contributed by atoms with van der Waals surface area (Å²) in [7, 11) is 0. The fourth-order valence-electron chi connectivity index (χ4n) is 2.90. The second-order valence-electron chi connectivity index (χ2n) is 6.33. The van der Waals surface area contributed by atoms with E-state index in [2.05, 4.69) is 10.4 Å². The fraction of sp³-hybridized carbons (Fsp3) is 0.150. The third-order valence-electron chi connectivity index (χ3n) is 4.35. The molecule has 1 N–H and O–H groups in total. The Hall–Kier alpha value is -3.26. The highest BCUT2D eigenvalue weighted by atomic mass is 32.1. The van der Waals surface area contributed by atoms with Gasteiger partial charge in [0.05, 0.1) is 10.6 Å². The highest BCUT2D eigenvalue weighted by Gasteiger charge is 2.11. The van der Waals surface area contributed by atoms with E-state index in [1.165, 1.54) is 32.6 Å². The summed E-state index contributed by atoms with van der Waals surface area (Å²) in [6.45, 7) is 2.63. The molecule has 0 aliphatic carbocycles. The smallest absolute Gasteiger partial charge is 0.276 e. The summed E-state index contributed by atoms with van der Waals surface area (Å²) in [6, 6.07) is 11.3. The summed E-state index contributed by atoms with van der Waals surface area (Å²) >= 11 is 1.43. The van der Waals surface area contributed by atoms with Crippen LogP contribution in [0.15, 0.2) is 59.7 Å². The van der Waals surface area contributed by atoms with Crippen LogP contribution in [0, 0.1) is 12.7 Å². The highest BCUT2D eigenvalue weighted by Crippen LogP contribution is 2.18. The van der Waals surface area contributed by atoms with E-state index in [1.54, 1.807) is 36.7 Å². The van der Waals surface area contributed by atoms with Crippen molar-refractivity contribution < 1.29 is 9.18 Å². The van der Waals surface area contributed by atoms with Crippen LogP contribution in [-0.4, -0.2) is 26.6 Å². The molecule has 28 heavy (non-hydrogen) atoms. The molecule has 6 nitrogen and oxygen atoms in total. The minimum atomic E-state index is -0.324. The lowest BCUT2D eigenvalue weighted by atomic mass is 10.1. The van der Waals surface area contributed by atoms with Crippen molar-refractivity contribution in [1.82, 2.24) is 19.5 Å². The van der Waals surface area contributed by atoms with Crippen molar-refractivity contribution in [3.05, 3.63) is 80.8 Å². The first-order chi connectivity index (χ1) is 13.5. The van der Waals surface area contributed by atoms with Gasteiger partial charge in [0.1, 0.15) is 11.3 Å². The van der Waals surface area contributed by atoms with Gasteiger partial charge in [-0.3, -0.25) is 9.59 Å². The molecule has 1 aromatic carbocycles. The van der Waals surface area contributed by atoms with Crippen LogP contribution in [0.5, 0.6) is 0 Å².